The Bertz CT molecular complexity index is 302. The summed E-state index contributed by atoms with van der Waals surface area (Å²) in [4.78, 5) is 0. The lowest BCUT2D eigenvalue weighted by molar-refractivity contribution is 0.284. The van der Waals surface area contributed by atoms with Crippen molar-refractivity contribution in [3.05, 3.63) is 35.9 Å². The van der Waals surface area contributed by atoms with Gasteiger partial charge in [-0.05, 0) is 26.3 Å². The monoisotopic (exact) mass is 176 g/mol. The largest absolute Gasteiger partial charge is 0.363 e. The number of hydrogen-bond acceptors (Lipinski definition) is 1. The summed E-state index contributed by atoms with van der Waals surface area (Å²) in [6.45, 7) is 6.48. The summed E-state index contributed by atoms with van der Waals surface area (Å²) in [7, 11) is 0. The minimum absolute atomic E-state index is 0.0500. The van der Waals surface area contributed by atoms with Gasteiger partial charge < -0.3 is 4.74 Å². The standard InChI is InChI=1S/C12H16O/c1-11(2)12(3,13-11)9-10-7-5-4-6-8-10/h4-8H,9H2,1-3H3. The Morgan fingerprint density at radius 2 is 1.62 bits per heavy atom. The third-order valence-corrected chi connectivity index (χ3v) is 3.10. The van der Waals surface area contributed by atoms with Gasteiger partial charge in [-0.2, -0.15) is 0 Å². The van der Waals surface area contributed by atoms with Crippen LogP contribution in [-0.2, 0) is 11.2 Å². The molecule has 70 valence electrons. The van der Waals surface area contributed by atoms with Gasteiger partial charge in [-0.25, -0.2) is 0 Å². The Hall–Kier alpha value is -0.820. The summed E-state index contributed by atoms with van der Waals surface area (Å²) >= 11 is 0. The quantitative estimate of drug-likeness (QED) is 0.631. The molecule has 2 rings (SSSR count). The van der Waals surface area contributed by atoms with Crippen LogP contribution in [0.2, 0.25) is 0 Å². The molecule has 0 saturated carbocycles. The lowest BCUT2D eigenvalue weighted by Gasteiger charge is -2.08. The molecule has 1 heteroatoms. The van der Waals surface area contributed by atoms with E-state index < -0.39 is 0 Å². The van der Waals surface area contributed by atoms with E-state index in [1.54, 1.807) is 0 Å². The molecule has 0 amide bonds. The topological polar surface area (TPSA) is 12.5 Å². The maximum Gasteiger partial charge on any atom is 0.0986 e. The molecule has 1 aliphatic rings. The third kappa shape index (κ3) is 1.49. The highest BCUT2D eigenvalue weighted by molar-refractivity contribution is 5.22. The van der Waals surface area contributed by atoms with Crippen LogP contribution in [0, 0.1) is 0 Å². The molecule has 0 bridgehead atoms. The van der Waals surface area contributed by atoms with Crippen LogP contribution in [0.3, 0.4) is 0 Å². The van der Waals surface area contributed by atoms with E-state index in [4.69, 9.17) is 4.74 Å². The summed E-state index contributed by atoms with van der Waals surface area (Å²) in [6.07, 6.45) is 1.01. The van der Waals surface area contributed by atoms with E-state index >= 15 is 0 Å². The van der Waals surface area contributed by atoms with Crippen LogP contribution in [0.4, 0.5) is 0 Å². The number of epoxide rings is 1. The molecule has 1 nitrogen and oxygen atoms in total. The zero-order chi connectivity index (χ0) is 9.53. The second-order valence-electron chi connectivity index (χ2n) is 4.51. The molecular weight excluding hydrogens is 160 g/mol. The smallest absolute Gasteiger partial charge is 0.0986 e. The first-order chi connectivity index (χ1) is 6.04. The van der Waals surface area contributed by atoms with Crippen molar-refractivity contribution in [2.45, 2.75) is 38.4 Å². The minimum Gasteiger partial charge on any atom is -0.363 e. The lowest BCUT2D eigenvalue weighted by Crippen LogP contribution is -2.19. The van der Waals surface area contributed by atoms with E-state index in [1.165, 1.54) is 5.56 Å². The molecule has 1 heterocycles. The Morgan fingerprint density at radius 3 is 2.08 bits per heavy atom. The summed E-state index contributed by atoms with van der Waals surface area (Å²) in [5, 5.41) is 0. The average molecular weight is 176 g/mol. The van der Waals surface area contributed by atoms with Crippen molar-refractivity contribution in [3.63, 3.8) is 0 Å². The normalized spacial score (nSPS) is 30.1. The predicted octanol–water partition coefficient (Wildman–Crippen LogP) is 2.80. The van der Waals surface area contributed by atoms with E-state index in [0.717, 1.165) is 6.42 Å². The van der Waals surface area contributed by atoms with Gasteiger partial charge in [-0.3, -0.25) is 0 Å². The summed E-state index contributed by atoms with van der Waals surface area (Å²) in [6, 6.07) is 10.5. The minimum atomic E-state index is 0.0500. The molecule has 1 aromatic rings. The molecule has 0 aromatic heterocycles. The Morgan fingerprint density at radius 1 is 1.08 bits per heavy atom. The Kier molecular flexibility index (Phi) is 1.74. The van der Waals surface area contributed by atoms with E-state index in [-0.39, 0.29) is 11.2 Å². The fourth-order valence-corrected chi connectivity index (χ4v) is 1.77. The van der Waals surface area contributed by atoms with Crippen molar-refractivity contribution in [1.29, 1.82) is 0 Å². The first-order valence-electron chi connectivity index (χ1n) is 4.78. The number of benzene rings is 1. The fraction of sp³-hybridized carbons (Fsp3) is 0.500. The van der Waals surface area contributed by atoms with Crippen LogP contribution in [0.1, 0.15) is 26.3 Å². The van der Waals surface area contributed by atoms with Crippen molar-refractivity contribution in [1.82, 2.24) is 0 Å². The van der Waals surface area contributed by atoms with E-state index in [1.807, 2.05) is 6.07 Å². The van der Waals surface area contributed by atoms with Crippen molar-refractivity contribution in [3.8, 4) is 0 Å². The van der Waals surface area contributed by atoms with Gasteiger partial charge in [-0.15, -0.1) is 0 Å². The highest BCUT2D eigenvalue weighted by Crippen LogP contribution is 2.49. The van der Waals surface area contributed by atoms with Crippen LogP contribution < -0.4 is 0 Å². The summed E-state index contributed by atoms with van der Waals surface area (Å²) in [5.41, 5.74) is 1.47. The van der Waals surface area contributed by atoms with E-state index in [0.29, 0.717) is 0 Å². The van der Waals surface area contributed by atoms with Gasteiger partial charge in [0.05, 0.1) is 11.2 Å². The Balaban J connectivity index is 2.09. The molecule has 13 heavy (non-hydrogen) atoms. The van der Waals surface area contributed by atoms with Gasteiger partial charge in [0, 0.05) is 6.42 Å². The van der Waals surface area contributed by atoms with Crippen LogP contribution in [-0.4, -0.2) is 11.2 Å². The second kappa shape index (κ2) is 2.58. The molecule has 1 saturated heterocycles. The molecule has 1 aromatic carbocycles. The molecular formula is C12H16O. The third-order valence-electron chi connectivity index (χ3n) is 3.10. The van der Waals surface area contributed by atoms with Crippen molar-refractivity contribution in [2.24, 2.45) is 0 Å². The van der Waals surface area contributed by atoms with Crippen LogP contribution in [0.5, 0.6) is 0 Å². The van der Waals surface area contributed by atoms with Gasteiger partial charge >= 0.3 is 0 Å². The zero-order valence-electron chi connectivity index (χ0n) is 8.50. The van der Waals surface area contributed by atoms with Crippen molar-refractivity contribution < 1.29 is 4.74 Å². The summed E-state index contributed by atoms with van der Waals surface area (Å²) in [5.74, 6) is 0. The second-order valence-corrected chi connectivity index (χ2v) is 4.51. The summed E-state index contributed by atoms with van der Waals surface area (Å²) < 4.78 is 5.70. The molecule has 1 fully saturated rings. The molecule has 0 aliphatic carbocycles. The van der Waals surface area contributed by atoms with Crippen LogP contribution in [0.15, 0.2) is 30.3 Å². The molecule has 1 aliphatic heterocycles. The van der Waals surface area contributed by atoms with Gasteiger partial charge in [0.1, 0.15) is 0 Å². The maximum atomic E-state index is 5.70. The maximum absolute atomic E-state index is 5.70. The van der Waals surface area contributed by atoms with Gasteiger partial charge in [0.25, 0.3) is 0 Å². The highest BCUT2D eigenvalue weighted by atomic mass is 16.6. The SMILES string of the molecule is CC1(C)OC1(C)Cc1ccccc1. The average Bonchev–Trinajstić information content (AvgIpc) is 2.51. The van der Waals surface area contributed by atoms with Gasteiger partial charge in [-0.1, -0.05) is 30.3 Å². The van der Waals surface area contributed by atoms with E-state index in [2.05, 4.69) is 45.0 Å². The number of ether oxygens (including phenoxy) is 1. The van der Waals surface area contributed by atoms with Crippen LogP contribution >= 0.6 is 0 Å². The Labute approximate surface area is 79.7 Å². The molecule has 0 radical (unpaired) electrons. The van der Waals surface area contributed by atoms with Crippen LogP contribution in [0.25, 0.3) is 0 Å². The van der Waals surface area contributed by atoms with Crippen molar-refractivity contribution >= 4 is 0 Å². The first-order valence-corrected chi connectivity index (χ1v) is 4.78. The lowest BCUT2D eigenvalue weighted by atomic mass is 9.91. The number of hydrogen-bond donors (Lipinski definition) is 0. The number of rotatable bonds is 2. The predicted molar refractivity (Wildman–Crippen MR) is 53.7 cm³/mol. The molecule has 1 atom stereocenters. The molecule has 1 unspecified atom stereocenters. The molecule has 0 spiro atoms. The highest BCUT2D eigenvalue weighted by Gasteiger charge is 2.59. The van der Waals surface area contributed by atoms with Gasteiger partial charge in [0.2, 0.25) is 0 Å². The van der Waals surface area contributed by atoms with Crippen molar-refractivity contribution in [2.75, 3.05) is 0 Å². The first kappa shape index (κ1) is 8.76. The molecule has 0 N–H and O–H groups in total. The fourth-order valence-electron chi connectivity index (χ4n) is 1.77. The zero-order valence-corrected chi connectivity index (χ0v) is 8.50. The van der Waals surface area contributed by atoms with Gasteiger partial charge in [0.15, 0.2) is 0 Å². The van der Waals surface area contributed by atoms with E-state index in [9.17, 15) is 0 Å².